The van der Waals surface area contributed by atoms with Crippen molar-refractivity contribution in [2.75, 3.05) is 6.54 Å². The molecular weight excluding hydrogens is 262 g/mol. The van der Waals surface area contributed by atoms with E-state index in [1.54, 1.807) is 0 Å². The number of aldehydes is 1. The van der Waals surface area contributed by atoms with E-state index >= 15 is 0 Å². The van der Waals surface area contributed by atoms with E-state index < -0.39 is 10.0 Å². The smallest absolute Gasteiger partial charge is 0.273 e. The molecule has 0 aliphatic heterocycles. The minimum Gasteiger partial charge on any atom is -0.440 e. The molecule has 0 bridgehead atoms. The third-order valence-electron chi connectivity index (χ3n) is 2.02. The molecule has 0 saturated carbocycles. The largest absolute Gasteiger partial charge is 0.440 e. The maximum atomic E-state index is 11.7. The maximum Gasteiger partial charge on any atom is 0.273 e. The van der Waals surface area contributed by atoms with Gasteiger partial charge in [0.05, 0.1) is 0 Å². The Morgan fingerprint density at radius 3 is 2.83 bits per heavy atom. The Bertz CT molecular complexity index is 616. The van der Waals surface area contributed by atoms with Crippen molar-refractivity contribution >= 4 is 16.3 Å². The van der Waals surface area contributed by atoms with Crippen molar-refractivity contribution in [3.05, 3.63) is 30.1 Å². The van der Waals surface area contributed by atoms with E-state index in [1.807, 2.05) is 0 Å². The van der Waals surface area contributed by atoms with Crippen LogP contribution in [0.25, 0.3) is 0 Å². The van der Waals surface area contributed by atoms with Crippen LogP contribution in [-0.4, -0.2) is 31.4 Å². The number of hydrogen-bond donors (Lipinski definition) is 1. The first-order valence-corrected chi connectivity index (χ1v) is 6.40. The van der Waals surface area contributed by atoms with Crippen LogP contribution in [0.15, 0.2) is 32.5 Å². The first-order chi connectivity index (χ1) is 8.62. The maximum absolute atomic E-state index is 11.7. The lowest BCUT2D eigenvalue weighted by Crippen LogP contribution is -2.25. The SMILES string of the molecule is O=Cc1ccc(S(=O)(=O)NCCc2ncno2)o1. The molecule has 0 amide bonds. The number of rotatable bonds is 6. The zero-order valence-electron chi connectivity index (χ0n) is 9.07. The van der Waals surface area contributed by atoms with Gasteiger partial charge in [-0.25, -0.2) is 13.1 Å². The van der Waals surface area contributed by atoms with Gasteiger partial charge in [0, 0.05) is 13.0 Å². The normalized spacial score (nSPS) is 11.6. The van der Waals surface area contributed by atoms with Crippen LogP contribution in [0, 0.1) is 0 Å². The van der Waals surface area contributed by atoms with Gasteiger partial charge < -0.3 is 8.94 Å². The molecule has 96 valence electrons. The fourth-order valence-electron chi connectivity index (χ4n) is 1.21. The summed E-state index contributed by atoms with van der Waals surface area (Å²) in [5, 5.41) is 3.08. The summed E-state index contributed by atoms with van der Waals surface area (Å²) in [4.78, 5) is 14.1. The lowest BCUT2D eigenvalue weighted by atomic mass is 10.4. The van der Waals surface area contributed by atoms with Crippen molar-refractivity contribution in [2.24, 2.45) is 0 Å². The standard InChI is InChI=1S/C9H9N3O5S/c13-5-7-1-2-9(16-7)18(14,15)12-4-3-8-10-6-11-17-8/h1-2,5-6,12H,3-4H2. The summed E-state index contributed by atoms with van der Waals surface area (Å²) < 4.78 is 35.2. The Morgan fingerprint density at radius 1 is 1.39 bits per heavy atom. The summed E-state index contributed by atoms with van der Waals surface area (Å²) in [5.41, 5.74) is 0. The van der Waals surface area contributed by atoms with Crippen LogP contribution in [-0.2, 0) is 16.4 Å². The summed E-state index contributed by atoms with van der Waals surface area (Å²) in [6.45, 7) is 0.0850. The van der Waals surface area contributed by atoms with Crippen molar-refractivity contribution in [3.8, 4) is 0 Å². The molecule has 2 aromatic heterocycles. The van der Waals surface area contributed by atoms with Crippen LogP contribution in [0.5, 0.6) is 0 Å². The molecule has 0 radical (unpaired) electrons. The summed E-state index contributed by atoms with van der Waals surface area (Å²) in [5.74, 6) is 0.276. The second-order valence-corrected chi connectivity index (χ2v) is 4.96. The number of sulfonamides is 1. The molecule has 1 N–H and O–H groups in total. The minimum absolute atomic E-state index is 0.0488. The monoisotopic (exact) mass is 271 g/mol. The first kappa shape index (κ1) is 12.5. The molecule has 2 heterocycles. The number of hydrogen-bond acceptors (Lipinski definition) is 7. The molecular formula is C9H9N3O5S. The Hall–Kier alpha value is -2.00. The van der Waals surface area contributed by atoms with Gasteiger partial charge in [0.15, 0.2) is 18.4 Å². The van der Waals surface area contributed by atoms with Crippen molar-refractivity contribution in [1.82, 2.24) is 14.9 Å². The van der Waals surface area contributed by atoms with E-state index in [0.29, 0.717) is 12.2 Å². The Balaban J connectivity index is 1.97. The summed E-state index contributed by atoms with van der Waals surface area (Å²) in [6, 6.07) is 2.48. The Kier molecular flexibility index (Phi) is 3.53. The highest BCUT2D eigenvalue weighted by atomic mass is 32.2. The van der Waals surface area contributed by atoms with Crippen LogP contribution in [0.2, 0.25) is 0 Å². The van der Waals surface area contributed by atoms with Crippen LogP contribution < -0.4 is 4.72 Å². The number of nitrogens with one attached hydrogen (secondary N) is 1. The third kappa shape index (κ3) is 2.81. The summed E-state index contributed by atoms with van der Waals surface area (Å²) in [6.07, 6.45) is 1.92. The molecule has 18 heavy (non-hydrogen) atoms. The molecule has 0 unspecified atom stereocenters. The molecule has 2 aromatic rings. The number of nitrogens with zero attached hydrogens (tertiary/aromatic N) is 2. The minimum atomic E-state index is -3.77. The Morgan fingerprint density at radius 2 is 2.22 bits per heavy atom. The van der Waals surface area contributed by atoms with Gasteiger partial charge >= 0.3 is 0 Å². The predicted octanol–water partition coefficient (Wildman–Crippen LogP) is -0.00390. The van der Waals surface area contributed by atoms with Gasteiger partial charge in [-0.3, -0.25) is 4.79 Å². The quantitative estimate of drug-likeness (QED) is 0.735. The summed E-state index contributed by atoms with van der Waals surface area (Å²) >= 11 is 0. The predicted molar refractivity (Wildman–Crippen MR) is 57.3 cm³/mol. The van der Waals surface area contributed by atoms with Crippen LogP contribution in [0.3, 0.4) is 0 Å². The van der Waals surface area contributed by atoms with E-state index in [0.717, 1.165) is 0 Å². The molecule has 0 aromatic carbocycles. The zero-order valence-corrected chi connectivity index (χ0v) is 9.88. The molecule has 0 saturated heterocycles. The van der Waals surface area contributed by atoms with Crippen molar-refractivity contribution < 1.29 is 22.2 Å². The lowest BCUT2D eigenvalue weighted by molar-refractivity contribution is 0.109. The lowest BCUT2D eigenvalue weighted by Gasteiger charge is -2.01. The van der Waals surface area contributed by atoms with Gasteiger partial charge in [-0.2, -0.15) is 4.98 Å². The highest BCUT2D eigenvalue weighted by Gasteiger charge is 2.18. The fourth-order valence-corrected chi connectivity index (χ4v) is 2.18. The number of aromatic nitrogens is 2. The van der Waals surface area contributed by atoms with E-state index in [9.17, 15) is 13.2 Å². The second-order valence-electron chi connectivity index (χ2n) is 3.26. The zero-order chi connectivity index (χ0) is 13.0. The molecule has 0 aliphatic rings. The third-order valence-corrected chi connectivity index (χ3v) is 3.35. The van der Waals surface area contributed by atoms with E-state index in [-0.39, 0.29) is 23.8 Å². The number of carbonyl (C=O) groups excluding carboxylic acids is 1. The van der Waals surface area contributed by atoms with E-state index in [2.05, 4.69) is 14.9 Å². The van der Waals surface area contributed by atoms with Crippen molar-refractivity contribution in [2.45, 2.75) is 11.5 Å². The van der Waals surface area contributed by atoms with Crippen LogP contribution in [0.4, 0.5) is 0 Å². The highest BCUT2D eigenvalue weighted by Crippen LogP contribution is 2.12. The topological polar surface area (TPSA) is 115 Å². The molecule has 0 spiro atoms. The molecule has 8 nitrogen and oxygen atoms in total. The van der Waals surface area contributed by atoms with Gasteiger partial charge in [0.1, 0.15) is 0 Å². The average Bonchev–Trinajstić information content (AvgIpc) is 2.99. The Labute approximate surface area is 102 Å². The first-order valence-electron chi connectivity index (χ1n) is 4.92. The number of furan rings is 1. The molecule has 2 rings (SSSR count). The van der Waals surface area contributed by atoms with Crippen LogP contribution in [0.1, 0.15) is 16.4 Å². The molecule has 0 aliphatic carbocycles. The van der Waals surface area contributed by atoms with Gasteiger partial charge in [0.2, 0.25) is 11.0 Å². The summed E-state index contributed by atoms with van der Waals surface area (Å²) in [7, 11) is -3.77. The average molecular weight is 271 g/mol. The van der Waals surface area contributed by atoms with Gasteiger partial charge in [0.25, 0.3) is 10.0 Å². The van der Waals surface area contributed by atoms with E-state index in [1.165, 1.54) is 18.5 Å². The highest BCUT2D eigenvalue weighted by molar-refractivity contribution is 7.89. The van der Waals surface area contributed by atoms with Crippen molar-refractivity contribution in [1.29, 1.82) is 0 Å². The van der Waals surface area contributed by atoms with Crippen molar-refractivity contribution in [3.63, 3.8) is 0 Å². The molecule has 0 fully saturated rings. The van der Waals surface area contributed by atoms with Gasteiger partial charge in [-0.05, 0) is 12.1 Å². The van der Waals surface area contributed by atoms with Gasteiger partial charge in [-0.1, -0.05) is 5.16 Å². The fraction of sp³-hybridized carbons (Fsp3) is 0.222. The number of carbonyl (C=O) groups is 1. The second kappa shape index (κ2) is 5.10. The van der Waals surface area contributed by atoms with E-state index in [4.69, 9.17) is 8.94 Å². The van der Waals surface area contributed by atoms with Gasteiger partial charge in [-0.15, -0.1) is 0 Å². The molecule has 9 heteroatoms. The molecule has 0 atom stereocenters. The van der Waals surface area contributed by atoms with Crippen LogP contribution >= 0.6 is 0 Å².